The second kappa shape index (κ2) is 12.4. The Bertz CT molecular complexity index is 1930. The number of fused-ring (bicyclic) bond motifs is 3. The predicted molar refractivity (Wildman–Crippen MR) is 175 cm³/mol. The van der Waals surface area contributed by atoms with Crippen LogP contribution in [-0.4, -0.2) is 49.7 Å². The van der Waals surface area contributed by atoms with Gasteiger partial charge in [0.2, 0.25) is 0 Å². The number of H-pyrrole nitrogens is 1. The van der Waals surface area contributed by atoms with Gasteiger partial charge in [0.25, 0.3) is 5.91 Å². The molecule has 0 spiro atoms. The number of hydrogen-bond donors (Lipinski definition) is 2. The van der Waals surface area contributed by atoms with Gasteiger partial charge >= 0.3 is 0 Å². The van der Waals surface area contributed by atoms with Gasteiger partial charge < -0.3 is 24.5 Å². The second-order valence-corrected chi connectivity index (χ2v) is 11.3. The summed E-state index contributed by atoms with van der Waals surface area (Å²) in [6.45, 7) is 7.29. The summed E-state index contributed by atoms with van der Waals surface area (Å²) in [7, 11) is 3.34. The Balaban J connectivity index is 1.07. The fraction of sp³-hybridized carbons (Fsp3) is 0.278. The standard InChI is InChI=1S/C36H37N3O5/c1-22-8-5-9-27-33(22)38-34-28(35(27)40)10-6-11-29(34)36(41)37-30-13-12-26(18-23(30)2)44-17-7-15-39-16-14-24-19-31(42-3)32(43-4)20-25(24)21-39/h5-6,8-13,18-20H,7,14-17,21H2,1-4H3,(H,37,41)(H,38,40). The van der Waals surface area contributed by atoms with E-state index in [1.165, 1.54) is 11.1 Å². The molecule has 0 bridgehead atoms. The molecule has 1 aliphatic rings. The first-order valence-electron chi connectivity index (χ1n) is 14.9. The fourth-order valence-electron chi connectivity index (χ4n) is 6.02. The van der Waals surface area contributed by atoms with Crippen molar-refractivity contribution in [3.63, 3.8) is 0 Å². The number of aromatic amines is 1. The molecule has 2 N–H and O–H groups in total. The van der Waals surface area contributed by atoms with E-state index in [0.717, 1.165) is 66.4 Å². The van der Waals surface area contributed by atoms with Crippen LogP contribution in [0.15, 0.2) is 71.5 Å². The van der Waals surface area contributed by atoms with Gasteiger partial charge in [-0.25, -0.2) is 0 Å². The van der Waals surface area contributed by atoms with Crippen LogP contribution in [0, 0.1) is 13.8 Å². The molecule has 8 heteroatoms. The first kappa shape index (κ1) is 29.3. The number of carbonyl (C=O) groups is 1. The highest BCUT2D eigenvalue weighted by Crippen LogP contribution is 2.33. The van der Waals surface area contributed by atoms with Crippen molar-refractivity contribution < 1.29 is 19.0 Å². The molecule has 1 aliphatic heterocycles. The van der Waals surface area contributed by atoms with E-state index in [1.54, 1.807) is 32.4 Å². The summed E-state index contributed by atoms with van der Waals surface area (Å²) in [4.78, 5) is 32.4. The van der Waals surface area contributed by atoms with Crippen molar-refractivity contribution in [2.24, 2.45) is 0 Å². The van der Waals surface area contributed by atoms with E-state index in [9.17, 15) is 9.59 Å². The van der Waals surface area contributed by atoms with Crippen molar-refractivity contribution >= 4 is 33.4 Å². The van der Waals surface area contributed by atoms with Gasteiger partial charge in [0, 0.05) is 36.1 Å². The van der Waals surface area contributed by atoms with Crippen molar-refractivity contribution in [3.05, 3.63) is 105 Å². The number of carbonyl (C=O) groups excluding carboxylic acids is 1. The van der Waals surface area contributed by atoms with Crippen LogP contribution in [0.3, 0.4) is 0 Å². The van der Waals surface area contributed by atoms with Crippen molar-refractivity contribution in [2.45, 2.75) is 33.2 Å². The zero-order valence-corrected chi connectivity index (χ0v) is 25.6. The molecule has 6 rings (SSSR count). The van der Waals surface area contributed by atoms with E-state index in [1.807, 2.05) is 50.2 Å². The van der Waals surface area contributed by atoms with Crippen LogP contribution in [0.2, 0.25) is 0 Å². The molecule has 0 atom stereocenters. The highest BCUT2D eigenvalue weighted by molar-refractivity contribution is 6.13. The monoisotopic (exact) mass is 591 g/mol. The summed E-state index contributed by atoms with van der Waals surface area (Å²) in [5.74, 6) is 2.03. The number of amides is 1. The summed E-state index contributed by atoms with van der Waals surface area (Å²) < 4.78 is 17.0. The van der Waals surface area contributed by atoms with Crippen molar-refractivity contribution in [1.29, 1.82) is 0 Å². The molecule has 5 aromatic rings. The van der Waals surface area contributed by atoms with Crippen molar-refractivity contribution in [1.82, 2.24) is 9.88 Å². The van der Waals surface area contributed by atoms with E-state index in [0.29, 0.717) is 34.1 Å². The quantitative estimate of drug-likeness (QED) is 0.152. The van der Waals surface area contributed by atoms with Crippen LogP contribution in [0.5, 0.6) is 17.2 Å². The Morgan fingerprint density at radius 1 is 0.886 bits per heavy atom. The molecule has 0 radical (unpaired) electrons. The minimum atomic E-state index is -0.282. The number of nitrogens with one attached hydrogen (secondary N) is 2. The molecule has 0 unspecified atom stereocenters. The first-order valence-corrected chi connectivity index (χ1v) is 14.9. The lowest BCUT2D eigenvalue weighted by atomic mass is 9.98. The number of nitrogens with zero attached hydrogens (tertiary/aromatic N) is 1. The lowest BCUT2D eigenvalue weighted by molar-refractivity contribution is 0.102. The summed E-state index contributed by atoms with van der Waals surface area (Å²) in [5.41, 5.74) is 6.74. The molecule has 4 aromatic carbocycles. The number of aromatic nitrogens is 1. The van der Waals surface area contributed by atoms with Gasteiger partial charge in [-0.3, -0.25) is 14.5 Å². The van der Waals surface area contributed by atoms with E-state index in [4.69, 9.17) is 14.2 Å². The van der Waals surface area contributed by atoms with Gasteiger partial charge in [0.15, 0.2) is 16.9 Å². The molecule has 8 nitrogen and oxygen atoms in total. The third-order valence-electron chi connectivity index (χ3n) is 8.45. The van der Waals surface area contributed by atoms with Crippen LogP contribution >= 0.6 is 0 Å². The van der Waals surface area contributed by atoms with E-state index in [2.05, 4.69) is 27.3 Å². The Labute approximate surface area is 256 Å². The van der Waals surface area contributed by atoms with Crippen LogP contribution in [0.4, 0.5) is 5.69 Å². The molecule has 0 saturated heterocycles. The minimum absolute atomic E-state index is 0.0872. The van der Waals surface area contributed by atoms with Gasteiger partial charge in [-0.15, -0.1) is 0 Å². The fourth-order valence-corrected chi connectivity index (χ4v) is 6.02. The number of benzene rings is 4. The second-order valence-electron chi connectivity index (χ2n) is 11.3. The number of para-hydroxylation sites is 2. The van der Waals surface area contributed by atoms with Gasteiger partial charge in [0.1, 0.15) is 5.75 Å². The Hall–Kier alpha value is -4.82. The third kappa shape index (κ3) is 5.73. The maximum Gasteiger partial charge on any atom is 0.257 e. The molecule has 226 valence electrons. The van der Waals surface area contributed by atoms with Gasteiger partial charge in [-0.1, -0.05) is 18.2 Å². The van der Waals surface area contributed by atoms with Crippen LogP contribution in [-0.2, 0) is 13.0 Å². The molecule has 44 heavy (non-hydrogen) atoms. The highest BCUT2D eigenvalue weighted by atomic mass is 16.5. The number of rotatable bonds is 9. The van der Waals surface area contributed by atoms with Crippen LogP contribution < -0.4 is 25.0 Å². The smallest absolute Gasteiger partial charge is 0.257 e. The van der Waals surface area contributed by atoms with E-state index in [-0.39, 0.29) is 11.3 Å². The topological polar surface area (TPSA) is 92.9 Å². The normalized spacial score (nSPS) is 13.1. The average Bonchev–Trinajstić information content (AvgIpc) is 3.04. The van der Waals surface area contributed by atoms with E-state index < -0.39 is 0 Å². The lowest BCUT2D eigenvalue weighted by Crippen LogP contribution is -2.32. The molecule has 0 fully saturated rings. The Morgan fingerprint density at radius 2 is 1.61 bits per heavy atom. The summed E-state index contributed by atoms with van der Waals surface area (Å²) in [6, 6.07) is 20.7. The van der Waals surface area contributed by atoms with Crippen LogP contribution in [0.25, 0.3) is 21.8 Å². The molecule has 1 amide bonds. The number of hydrogen-bond acceptors (Lipinski definition) is 6. The maximum absolute atomic E-state index is 13.4. The zero-order valence-electron chi connectivity index (χ0n) is 25.6. The van der Waals surface area contributed by atoms with Crippen molar-refractivity contribution in [2.75, 3.05) is 39.2 Å². The van der Waals surface area contributed by atoms with Crippen LogP contribution in [0.1, 0.15) is 39.0 Å². The third-order valence-corrected chi connectivity index (χ3v) is 8.45. The number of anilines is 1. The Morgan fingerprint density at radius 3 is 2.36 bits per heavy atom. The minimum Gasteiger partial charge on any atom is -0.494 e. The summed E-state index contributed by atoms with van der Waals surface area (Å²) in [5, 5.41) is 4.13. The molecule has 2 heterocycles. The number of aryl methyl sites for hydroxylation is 2. The predicted octanol–water partition coefficient (Wildman–Crippen LogP) is 6.39. The molecule has 1 aromatic heterocycles. The zero-order chi connectivity index (χ0) is 30.8. The molecule has 0 aliphatic carbocycles. The molecular weight excluding hydrogens is 554 g/mol. The Kier molecular flexibility index (Phi) is 8.26. The molecular formula is C36H37N3O5. The van der Waals surface area contributed by atoms with Crippen molar-refractivity contribution in [3.8, 4) is 17.2 Å². The number of ether oxygens (including phenoxy) is 3. The average molecular weight is 592 g/mol. The van der Waals surface area contributed by atoms with Gasteiger partial charge in [-0.05, 0) is 97.5 Å². The van der Waals surface area contributed by atoms with Gasteiger partial charge in [-0.2, -0.15) is 0 Å². The van der Waals surface area contributed by atoms with E-state index >= 15 is 0 Å². The number of pyridine rings is 1. The van der Waals surface area contributed by atoms with Gasteiger partial charge in [0.05, 0.1) is 37.4 Å². The first-order chi connectivity index (χ1) is 21.4. The largest absolute Gasteiger partial charge is 0.494 e. The lowest BCUT2D eigenvalue weighted by Gasteiger charge is -2.29. The number of methoxy groups -OCH3 is 2. The SMILES string of the molecule is COc1cc2c(cc1OC)CN(CCCOc1ccc(NC(=O)c3cccc4c(=O)c5cccc(C)c5[nH]c34)c(C)c1)CC2. The summed E-state index contributed by atoms with van der Waals surface area (Å²) in [6.07, 6.45) is 1.88. The highest BCUT2D eigenvalue weighted by Gasteiger charge is 2.20. The summed E-state index contributed by atoms with van der Waals surface area (Å²) >= 11 is 0. The maximum atomic E-state index is 13.4. The molecule has 0 saturated carbocycles.